The summed E-state index contributed by atoms with van der Waals surface area (Å²) in [6.07, 6.45) is 6.89. The number of nitrogens with one attached hydrogen (secondary N) is 3. The zero-order valence-corrected chi connectivity index (χ0v) is 45.5. The Morgan fingerprint density at radius 1 is 0.873 bits per heavy atom. The van der Waals surface area contributed by atoms with Crippen molar-refractivity contribution >= 4 is 45.2 Å². The Hall–Kier alpha value is -6.89. The number of carbonyl (C=O) groups is 3. The number of aromatic hydroxyl groups is 1. The molecule has 0 radical (unpaired) electrons. The third kappa shape index (κ3) is 11.0. The summed E-state index contributed by atoms with van der Waals surface area (Å²) in [7, 11) is 0. The number of hydrogen-bond donors (Lipinski definition) is 5. The van der Waals surface area contributed by atoms with E-state index < -0.39 is 59.1 Å². The molecule has 4 aliphatic heterocycles. The molecule has 5 aliphatic rings. The molecule has 5 N–H and O–H groups in total. The standard InChI is InChI=1S/C61H70F3N9O6/c1-6-42-47(63)21-18-37-25-40(74)26-44(50(37)42)52-51(64)53-45(28-65-52)55(72-29-38-19-20-39(30-72)67-38)70-59(68-53)79-33-61(22-23-61)32-71-24-10-9-13-48(71)56(76)69-54(60(3,4)5)58(78)73-31-41(75)27-49(73)57(77)66-34(2)35-14-16-36(17-15-35)43-11-7-8-12-46(43)62/h7-8,11-12,14-18,21,25-26,28,34,38-39,41,48-49,54,67,74-75H,6,9-10,13,19-20,22-24,27,29-33H2,1-5H3,(H,66,77)(H,69,76)/t34-,38?,39?,41+,48+,49-,54+/m0/s1. The van der Waals surface area contributed by atoms with E-state index in [0.717, 1.165) is 44.1 Å². The molecule has 3 amide bonds. The van der Waals surface area contributed by atoms with E-state index in [0.29, 0.717) is 77.7 Å². The van der Waals surface area contributed by atoms with Crippen molar-refractivity contribution < 1.29 is 42.5 Å². The van der Waals surface area contributed by atoms with Gasteiger partial charge in [-0.25, -0.2) is 13.2 Å². The third-order valence-electron chi connectivity index (χ3n) is 17.1. The average Bonchev–Trinajstić information content (AvgIpc) is 4.10. The number of amides is 3. The third-order valence-corrected chi connectivity index (χ3v) is 17.1. The van der Waals surface area contributed by atoms with Crippen LogP contribution >= 0.6 is 0 Å². The summed E-state index contributed by atoms with van der Waals surface area (Å²) in [5, 5.41) is 33.0. The fourth-order valence-corrected chi connectivity index (χ4v) is 12.6. The smallest absolute Gasteiger partial charge is 0.319 e. The maximum Gasteiger partial charge on any atom is 0.319 e. The molecule has 18 heteroatoms. The first-order chi connectivity index (χ1) is 37.9. The first-order valence-corrected chi connectivity index (χ1v) is 28.0. The predicted molar refractivity (Wildman–Crippen MR) is 296 cm³/mol. The van der Waals surface area contributed by atoms with Crippen LogP contribution in [-0.2, 0) is 20.8 Å². The Labute approximate surface area is 458 Å². The molecule has 79 heavy (non-hydrogen) atoms. The van der Waals surface area contributed by atoms with Crippen molar-refractivity contribution in [2.75, 3.05) is 44.2 Å². The summed E-state index contributed by atoms with van der Waals surface area (Å²) in [4.78, 5) is 63.4. The summed E-state index contributed by atoms with van der Waals surface area (Å²) < 4.78 is 53.7. The number of phenols is 1. The quantitative estimate of drug-likeness (QED) is 0.0662. The highest BCUT2D eigenvalue weighted by molar-refractivity contribution is 6.02. The number of pyridine rings is 1. The lowest BCUT2D eigenvalue weighted by atomic mass is 9.85. The first-order valence-electron chi connectivity index (χ1n) is 28.0. The monoisotopic (exact) mass is 1080 g/mol. The van der Waals surface area contributed by atoms with Gasteiger partial charge >= 0.3 is 6.01 Å². The molecule has 0 spiro atoms. The number of halogens is 3. The van der Waals surface area contributed by atoms with Gasteiger partial charge in [-0.15, -0.1) is 0 Å². The largest absolute Gasteiger partial charge is 0.508 e. The second-order valence-electron chi connectivity index (χ2n) is 23.8. The molecule has 4 aromatic carbocycles. The number of piperazine rings is 1. The lowest BCUT2D eigenvalue weighted by Gasteiger charge is -2.40. The van der Waals surface area contributed by atoms with Crippen molar-refractivity contribution in [2.45, 2.75) is 135 Å². The summed E-state index contributed by atoms with van der Waals surface area (Å²) >= 11 is 0. The number of carbonyl (C=O) groups excluding carboxylic acids is 3. The maximum absolute atomic E-state index is 17.4. The van der Waals surface area contributed by atoms with E-state index in [4.69, 9.17) is 14.7 Å². The van der Waals surface area contributed by atoms with Gasteiger partial charge in [-0.3, -0.25) is 24.3 Å². The van der Waals surface area contributed by atoms with Gasteiger partial charge in [0, 0.05) is 67.4 Å². The highest BCUT2D eigenvalue weighted by Crippen LogP contribution is 2.48. The number of nitrogens with zero attached hydrogens (tertiary/aromatic N) is 6. The molecule has 1 saturated carbocycles. The van der Waals surface area contributed by atoms with Crippen molar-refractivity contribution in [3.63, 3.8) is 0 Å². The van der Waals surface area contributed by atoms with Crippen LogP contribution in [0.1, 0.15) is 103 Å². The average molecular weight is 1080 g/mol. The van der Waals surface area contributed by atoms with Crippen LogP contribution < -0.4 is 25.6 Å². The Morgan fingerprint density at radius 3 is 2.32 bits per heavy atom. The molecule has 7 atom stereocenters. The van der Waals surface area contributed by atoms with Gasteiger partial charge in [-0.1, -0.05) is 82.6 Å². The summed E-state index contributed by atoms with van der Waals surface area (Å²) in [6, 6.07) is 17.1. The number of fused-ring (bicyclic) bond motifs is 4. The van der Waals surface area contributed by atoms with Crippen LogP contribution in [0.15, 0.2) is 79.0 Å². The highest BCUT2D eigenvalue weighted by atomic mass is 19.1. The number of likely N-dealkylation sites (tertiary alicyclic amines) is 2. The van der Waals surface area contributed by atoms with Gasteiger partial charge < -0.3 is 40.7 Å². The van der Waals surface area contributed by atoms with Gasteiger partial charge in [0.1, 0.15) is 46.5 Å². The van der Waals surface area contributed by atoms with Crippen molar-refractivity contribution in [3.8, 4) is 34.1 Å². The van der Waals surface area contributed by atoms with E-state index in [9.17, 15) is 29.0 Å². The molecule has 5 fully saturated rings. The van der Waals surface area contributed by atoms with Crippen LogP contribution in [0.4, 0.5) is 19.0 Å². The van der Waals surface area contributed by atoms with Crippen molar-refractivity contribution in [1.29, 1.82) is 0 Å². The summed E-state index contributed by atoms with van der Waals surface area (Å²) in [5.41, 5.74) is 1.36. The predicted octanol–water partition coefficient (Wildman–Crippen LogP) is 8.52. The second kappa shape index (κ2) is 21.6. The van der Waals surface area contributed by atoms with Crippen LogP contribution in [0, 0.1) is 28.3 Å². The Balaban J connectivity index is 0.800. The van der Waals surface area contributed by atoms with Gasteiger partial charge in [0.2, 0.25) is 17.7 Å². The van der Waals surface area contributed by atoms with Crippen LogP contribution in [0.25, 0.3) is 44.1 Å². The fourth-order valence-electron chi connectivity index (χ4n) is 12.6. The Kier molecular flexibility index (Phi) is 14.8. The van der Waals surface area contributed by atoms with E-state index in [-0.39, 0.29) is 77.3 Å². The number of β-amino-alcohol motifs (C(OH)–C–C–N with tert-alkyl or cyclic N) is 1. The number of benzene rings is 4. The number of aryl methyl sites for hydroxylation is 1. The van der Waals surface area contributed by atoms with E-state index >= 15 is 8.78 Å². The number of phenolic OH excluding ortho intramolecular Hbond substituents is 1. The molecule has 11 rings (SSSR count). The summed E-state index contributed by atoms with van der Waals surface area (Å²) in [6.45, 7) is 11.9. The molecule has 2 aromatic heterocycles. The number of aromatic nitrogens is 3. The van der Waals surface area contributed by atoms with Crippen molar-refractivity contribution in [3.05, 3.63) is 108 Å². The zero-order valence-electron chi connectivity index (χ0n) is 45.5. The fraction of sp³-hybridized carbons (Fsp3) is 0.475. The molecular formula is C61H70F3N9O6. The Morgan fingerprint density at radius 2 is 1.61 bits per heavy atom. The minimum atomic E-state index is -1.02. The van der Waals surface area contributed by atoms with Gasteiger partial charge in [0.25, 0.3) is 0 Å². The minimum absolute atomic E-state index is 0.0000111. The van der Waals surface area contributed by atoms with Gasteiger partial charge in [-0.2, -0.15) is 9.97 Å². The molecule has 4 saturated heterocycles. The molecule has 6 heterocycles. The van der Waals surface area contributed by atoms with Crippen LogP contribution in [-0.4, -0.2) is 128 Å². The number of aliphatic hydroxyl groups excluding tert-OH is 1. The number of rotatable bonds is 15. The molecule has 6 aromatic rings. The lowest BCUT2D eigenvalue weighted by Crippen LogP contribution is -2.61. The summed E-state index contributed by atoms with van der Waals surface area (Å²) in [5.74, 6) is -2.29. The number of ether oxygens (including phenoxy) is 1. The van der Waals surface area contributed by atoms with Gasteiger partial charge in [0.15, 0.2) is 5.82 Å². The van der Waals surface area contributed by atoms with Gasteiger partial charge in [-0.05, 0) is 116 Å². The van der Waals surface area contributed by atoms with E-state index in [1.54, 1.807) is 42.6 Å². The van der Waals surface area contributed by atoms with Gasteiger partial charge in [0.05, 0.1) is 30.2 Å². The zero-order chi connectivity index (χ0) is 55.5. The van der Waals surface area contributed by atoms with Crippen LogP contribution in [0.5, 0.6) is 11.8 Å². The lowest BCUT2D eigenvalue weighted by molar-refractivity contribution is -0.145. The number of hydrogen-bond acceptors (Lipinski definition) is 12. The topological polar surface area (TPSA) is 185 Å². The molecule has 2 unspecified atom stereocenters. The number of aliphatic hydroxyl groups is 1. The van der Waals surface area contributed by atoms with E-state index in [2.05, 4.69) is 30.7 Å². The van der Waals surface area contributed by atoms with Crippen LogP contribution in [0.3, 0.4) is 0 Å². The normalized spacial score (nSPS) is 22.7. The first kappa shape index (κ1) is 54.1. The molecule has 2 bridgehead atoms. The van der Waals surface area contributed by atoms with Crippen molar-refractivity contribution in [1.82, 2.24) is 40.7 Å². The highest BCUT2D eigenvalue weighted by Gasteiger charge is 2.49. The number of piperidine rings is 1. The number of anilines is 1. The SMILES string of the molecule is CCc1c(F)ccc2cc(O)cc(-c3ncc4c(N5CC6CCC(C5)N6)nc(OCC5(CN6CCCC[C@@H]6C(=O)N[C@H](C(=O)N6C[C@H](O)C[C@H]6C(=O)N[C@@H](C)c6ccc(-c7ccccc7F)cc6)C(C)(C)C)CC5)nc4c3F)c12. The van der Waals surface area contributed by atoms with Crippen molar-refractivity contribution in [2.24, 2.45) is 10.8 Å². The molecule has 15 nitrogen and oxygen atoms in total. The van der Waals surface area contributed by atoms with E-state index in [1.165, 1.54) is 29.2 Å². The molecular weight excluding hydrogens is 1010 g/mol. The molecule has 1 aliphatic carbocycles. The Bertz CT molecular complexity index is 3300. The second-order valence-corrected chi connectivity index (χ2v) is 23.8. The van der Waals surface area contributed by atoms with Crippen LogP contribution in [0.2, 0.25) is 0 Å². The molecule has 416 valence electrons. The van der Waals surface area contributed by atoms with E-state index in [1.807, 2.05) is 46.8 Å². The minimum Gasteiger partial charge on any atom is -0.508 e. The maximum atomic E-state index is 17.4.